The second kappa shape index (κ2) is 4.87. The average Bonchev–Trinajstić information content (AvgIpc) is 2.97. The molecule has 5 heteroatoms. The van der Waals surface area contributed by atoms with Crippen LogP contribution in [-0.2, 0) is 11.3 Å². The summed E-state index contributed by atoms with van der Waals surface area (Å²) in [4.78, 5) is 13.9. The Morgan fingerprint density at radius 1 is 1.42 bits per heavy atom. The first-order valence-corrected chi connectivity index (χ1v) is 6.71. The van der Waals surface area contributed by atoms with Crippen LogP contribution in [0.2, 0.25) is 5.02 Å². The molecule has 1 fully saturated rings. The van der Waals surface area contributed by atoms with Gasteiger partial charge in [-0.05, 0) is 30.0 Å². The molecule has 1 aromatic heterocycles. The van der Waals surface area contributed by atoms with Crippen LogP contribution in [0.5, 0.6) is 0 Å². The van der Waals surface area contributed by atoms with E-state index in [-0.39, 0.29) is 18.6 Å². The average molecular weight is 279 g/mol. The number of hydrogen-bond acceptors (Lipinski definition) is 2. The standard InChI is InChI=1S/C14H15ClN2O2/c15-11-2-1-10-3-5-16(13(10)7-11)9-14(19)17-6-4-12(18)8-17/h1-3,5,7,12,18H,4,6,8-9H2/t12-/m1/s1. The van der Waals surface area contributed by atoms with Crippen LogP contribution in [0.15, 0.2) is 30.5 Å². The van der Waals surface area contributed by atoms with Crippen LogP contribution in [0.1, 0.15) is 6.42 Å². The van der Waals surface area contributed by atoms with Gasteiger partial charge in [-0.25, -0.2) is 0 Å². The molecule has 1 N–H and O–H groups in total. The SMILES string of the molecule is O=C(Cn1ccc2ccc(Cl)cc21)N1CC[C@@H](O)C1. The molecule has 0 saturated carbocycles. The Morgan fingerprint density at radius 3 is 3.00 bits per heavy atom. The van der Waals surface area contributed by atoms with Gasteiger partial charge in [0.05, 0.1) is 6.10 Å². The molecule has 100 valence electrons. The Bertz CT molecular complexity index is 623. The van der Waals surface area contributed by atoms with E-state index in [4.69, 9.17) is 11.6 Å². The number of aromatic nitrogens is 1. The first kappa shape index (κ1) is 12.5. The first-order chi connectivity index (χ1) is 9.13. The highest BCUT2D eigenvalue weighted by molar-refractivity contribution is 6.31. The molecule has 2 heterocycles. The van der Waals surface area contributed by atoms with Gasteiger partial charge in [-0.1, -0.05) is 17.7 Å². The van der Waals surface area contributed by atoms with Crippen LogP contribution >= 0.6 is 11.6 Å². The molecule has 3 rings (SSSR count). The molecule has 19 heavy (non-hydrogen) atoms. The third kappa shape index (κ3) is 2.46. The predicted octanol–water partition coefficient (Wildman–Crippen LogP) is 1.89. The molecular weight excluding hydrogens is 264 g/mol. The lowest BCUT2D eigenvalue weighted by Crippen LogP contribution is -2.32. The van der Waals surface area contributed by atoms with Gasteiger partial charge in [-0.2, -0.15) is 0 Å². The van der Waals surface area contributed by atoms with E-state index in [1.165, 1.54) is 0 Å². The van der Waals surface area contributed by atoms with Crippen molar-refractivity contribution in [3.63, 3.8) is 0 Å². The number of fused-ring (bicyclic) bond motifs is 1. The highest BCUT2D eigenvalue weighted by Crippen LogP contribution is 2.21. The van der Waals surface area contributed by atoms with Gasteiger partial charge >= 0.3 is 0 Å². The predicted molar refractivity (Wildman–Crippen MR) is 74.2 cm³/mol. The lowest BCUT2D eigenvalue weighted by atomic mass is 10.2. The molecule has 2 aromatic rings. The van der Waals surface area contributed by atoms with E-state index >= 15 is 0 Å². The van der Waals surface area contributed by atoms with Gasteiger partial charge < -0.3 is 14.6 Å². The summed E-state index contributed by atoms with van der Waals surface area (Å²) in [5, 5.41) is 11.2. The van der Waals surface area contributed by atoms with Gasteiger partial charge in [0.15, 0.2) is 0 Å². The van der Waals surface area contributed by atoms with Crippen molar-refractivity contribution in [2.24, 2.45) is 0 Å². The maximum Gasteiger partial charge on any atom is 0.242 e. The fraction of sp³-hybridized carbons (Fsp3) is 0.357. The first-order valence-electron chi connectivity index (χ1n) is 6.34. The molecule has 1 aromatic carbocycles. The summed E-state index contributed by atoms with van der Waals surface area (Å²) in [6.07, 6.45) is 2.19. The van der Waals surface area contributed by atoms with Crippen LogP contribution in [0.25, 0.3) is 10.9 Å². The minimum absolute atomic E-state index is 0.0361. The quantitative estimate of drug-likeness (QED) is 0.912. The zero-order chi connectivity index (χ0) is 13.4. The molecule has 1 atom stereocenters. The van der Waals surface area contributed by atoms with Crippen LogP contribution in [0, 0.1) is 0 Å². The summed E-state index contributed by atoms with van der Waals surface area (Å²) in [6.45, 7) is 1.37. The summed E-state index contributed by atoms with van der Waals surface area (Å²) in [5.74, 6) is 0.0361. The molecule has 0 radical (unpaired) electrons. The van der Waals surface area contributed by atoms with Crippen LogP contribution < -0.4 is 0 Å². The van der Waals surface area contributed by atoms with Gasteiger partial charge in [0.2, 0.25) is 5.91 Å². The van der Waals surface area contributed by atoms with Crippen molar-refractivity contribution in [1.29, 1.82) is 0 Å². The second-order valence-electron chi connectivity index (χ2n) is 4.93. The Balaban J connectivity index is 1.81. The van der Waals surface area contributed by atoms with E-state index in [1.807, 2.05) is 35.0 Å². The molecule has 0 spiro atoms. The van der Waals surface area contributed by atoms with Crippen LogP contribution in [0.4, 0.5) is 0 Å². The van der Waals surface area contributed by atoms with Crippen LogP contribution in [-0.4, -0.2) is 39.7 Å². The summed E-state index contributed by atoms with van der Waals surface area (Å²) >= 11 is 5.99. The Labute approximate surface area is 116 Å². The summed E-state index contributed by atoms with van der Waals surface area (Å²) in [6, 6.07) is 7.62. The van der Waals surface area contributed by atoms with E-state index in [0.29, 0.717) is 24.5 Å². The minimum Gasteiger partial charge on any atom is -0.391 e. The summed E-state index contributed by atoms with van der Waals surface area (Å²) < 4.78 is 1.90. The van der Waals surface area contributed by atoms with E-state index in [1.54, 1.807) is 4.90 Å². The van der Waals surface area contributed by atoms with Gasteiger partial charge in [-0.3, -0.25) is 4.79 Å². The molecule has 0 unspecified atom stereocenters. The van der Waals surface area contributed by atoms with Crippen molar-refractivity contribution in [2.75, 3.05) is 13.1 Å². The van der Waals surface area contributed by atoms with E-state index in [2.05, 4.69) is 0 Å². The van der Waals surface area contributed by atoms with Crippen molar-refractivity contribution in [3.05, 3.63) is 35.5 Å². The molecule has 4 nitrogen and oxygen atoms in total. The Hall–Kier alpha value is -1.52. The molecule has 1 aliphatic heterocycles. The Kier molecular flexibility index (Phi) is 3.21. The molecule has 0 bridgehead atoms. The third-order valence-corrected chi connectivity index (χ3v) is 3.79. The number of halogens is 1. The van der Waals surface area contributed by atoms with Gasteiger partial charge in [-0.15, -0.1) is 0 Å². The fourth-order valence-corrected chi connectivity index (χ4v) is 2.68. The monoisotopic (exact) mass is 278 g/mol. The topological polar surface area (TPSA) is 45.5 Å². The summed E-state index contributed by atoms with van der Waals surface area (Å²) in [5.41, 5.74) is 0.959. The van der Waals surface area contributed by atoms with Crippen LogP contribution in [0.3, 0.4) is 0 Å². The van der Waals surface area contributed by atoms with Gasteiger partial charge in [0, 0.05) is 29.8 Å². The lowest BCUT2D eigenvalue weighted by Gasteiger charge is -2.16. The zero-order valence-corrected chi connectivity index (χ0v) is 11.2. The number of aliphatic hydroxyl groups excluding tert-OH is 1. The normalized spacial score (nSPS) is 19.3. The smallest absolute Gasteiger partial charge is 0.242 e. The molecule has 1 amide bonds. The number of carbonyl (C=O) groups excluding carboxylic acids is 1. The summed E-state index contributed by atoms with van der Waals surface area (Å²) in [7, 11) is 0. The highest BCUT2D eigenvalue weighted by atomic mass is 35.5. The molecule has 1 saturated heterocycles. The maximum atomic E-state index is 12.1. The number of rotatable bonds is 2. The maximum absolute atomic E-state index is 12.1. The Morgan fingerprint density at radius 2 is 2.26 bits per heavy atom. The lowest BCUT2D eigenvalue weighted by molar-refractivity contribution is -0.131. The van der Waals surface area contributed by atoms with Gasteiger partial charge in [0.1, 0.15) is 6.54 Å². The van der Waals surface area contributed by atoms with E-state index < -0.39 is 0 Å². The van der Waals surface area contributed by atoms with Crippen molar-refractivity contribution >= 4 is 28.4 Å². The number of carbonyl (C=O) groups is 1. The number of hydrogen-bond donors (Lipinski definition) is 1. The zero-order valence-electron chi connectivity index (χ0n) is 10.4. The van der Waals surface area contributed by atoms with Crippen molar-refractivity contribution < 1.29 is 9.90 Å². The molecule has 1 aliphatic rings. The van der Waals surface area contributed by atoms with E-state index in [0.717, 1.165) is 10.9 Å². The molecule has 0 aliphatic carbocycles. The van der Waals surface area contributed by atoms with Crippen molar-refractivity contribution in [3.8, 4) is 0 Å². The van der Waals surface area contributed by atoms with Gasteiger partial charge in [0.25, 0.3) is 0 Å². The number of β-amino-alcohol motifs (C(OH)–C–C–N with tert-alkyl or cyclic N) is 1. The highest BCUT2D eigenvalue weighted by Gasteiger charge is 2.24. The number of likely N-dealkylation sites (tertiary alicyclic amines) is 1. The third-order valence-electron chi connectivity index (χ3n) is 3.56. The van der Waals surface area contributed by atoms with E-state index in [9.17, 15) is 9.90 Å². The second-order valence-corrected chi connectivity index (χ2v) is 5.37. The number of amides is 1. The van der Waals surface area contributed by atoms with Crippen molar-refractivity contribution in [2.45, 2.75) is 19.1 Å². The number of benzene rings is 1. The molecular formula is C14H15ClN2O2. The largest absolute Gasteiger partial charge is 0.391 e. The minimum atomic E-state index is -0.375. The fourth-order valence-electron chi connectivity index (χ4n) is 2.51. The number of nitrogens with zero attached hydrogens (tertiary/aromatic N) is 2. The number of aliphatic hydroxyl groups is 1. The van der Waals surface area contributed by atoms with Crippen molar-refractivity contribution in [1.82, 2.24) is 9.47 Å².